The number of hydrogen-bond acceptors (Lipinski definition) is 7. The molecule has 0 aromatic heterocycles. The fourth-order valence-corrected chi connectivity index (χ4v) is 4.83. The normalized spacial score (nSPS) is 19.0. The first-order chi connectivity index (χ1) is 17.8. The minimum atomic E-state index is -1.65. The summed E-state index contributed by atoms with van der Waals surface area (Å²) in [6.45, 7) is 8.90. The van der Waals surface area contributed by atoms with E-state index in [0.717, 1.165) is 11.1 Å². The molecule has 1 fully saturated rings. The molecule has 1 aromatic rings. The van der Waals surface area contributed by atoms with Crippen LogP contribution in [-0.2, 0) is 41.5 Å². The lowest BCUT2D eigenvalue weighted by atomic mass is 9.95. The van der Waals surface area contributed by atoms with Crippen molar-refractivity contribution >= 4 is 29.7 Å². The number of hydrogen-bond donors (Lipinski definition) is 3. The summed E-state index contributed by atoms with van der Waals surface area (Å²) in [5, 5.41) is 14.3. The molecule has 3 amide bonds. The fraction of sp³-hybridized carbons (Fsp3) is 0.593. The number of alkyl carbamates (subject to hydrolysis) is 1. The number of carbonyl (C=O) groups is 5. The lowest BCUT2D eigenvalue weighted by Gasteiger charge is -2.31. The van der Waals surface area contributed by atoms with Crippen LogP contribution in [0.3, 0.4) is 0 Å². The van der Waals surface area contributed by atoms with Gasteiger partial charge in [-0.15, -0.1) is 0 Å². The zero-order valence-electron chi connectivity index (χ0n) is 22.5. The van der Waals surface area contributed by atoms with Crippen LogP contribution in [0.15, 0.2) is 24.3 Å². The largest absolute Gasteiger partial charge is 0.475 e. The Morgan fingerprint density at radius 3 is 2.21 bits per heavy atom. The highest BCUT2D eigenvalue weighted by molar-refractivity contribution is 6.35. The molecule has 2 unspecified atom stereocenters. The molecule has 0 bridgehead atoms. The monoisotopic (exact) mass is 531 g/mol. The summed E-state index contributed by atoms with van der Waals surface area (Å²) in [4.78, 5) is 64.3. The first kappa shape index (κ1) is 29.1. The Hall–Kier alpha value is -3.47. The van der Waals surface area contributed by atoms with Gasteiger partial charge in [-0.2, -0.15) is 0 Å². The molecular weight excluding hydrogens is 494 g/mol. The van der Waals surface area contributed by atoms with Crippen LogP contribution in [0.2, 0.25) is 0 Å². The summed E-state index contributed by atoms with van der Waals surface area (Å²) in [6.07, 6.45) is -0.905. The molecule has 2 aliphatic rings. The lowest BCUT2D eigenvalue weighted by molar-refractivity contribution is -0.153. The third kappa shape index (κ3) is 7.31. The van der Waals surface area contributed by atoms with E-state index in [1.54, 1.807) is 34.6 Å². The van der Waals surface area contributed by atoms with Gasteiger partial charge in [-0.1, -0.05) is 38.1 Å². The van der Waals surface area contributed by atoms with Crippen LogP contribution in [0, 0.1) is 11.8 Å². The highest BCUT2D eigenvalue weighted by Crippen LogP contribution is 2.30. The Balaban J connectivity index is 1.81. The summed E-state index contributed by atoms with van der Waals surface area (Å²) in [7, 11) is 0. The van der Waals surface area contributed by atoms with Gasteiger partial charge in [0.25, 0.3) is 11.7 Å². The molecule has 11 heteroatoms. The molecule has 1 saturated heterocycles. The minimum Gasteiger partial charge on any atom is -0.475 e. The van der Waals surface area contributed by atoms with Crippen LogP contribution < -0.4 is 10.6 Å². The topological polar surface area (TPSA) is 151 Å². The van der Waals surface area contributed by atoms with E-state index >= 15 is 0 Å². The predicted molar refractivity (Wildman–Crippen MR) is 136 cm³/mol. The van der Waals surface area contributed by atoms with E-state index in [1.807, 2.05) is 24.3 Å². The van der Waals surface area contributed by atoms with Crippen LogP contribution in [0.1, 0.15) is 52.2 Å². The second kappa shape index (κ2) is 11.9. The quantitative estimate of drug-likeness (QED) is 0.407. The molecule has 3 atom stereocenters. The molecule has 0 spiro atoms. The van der Waals surface area contributed by atoms with Gasteiger partial charge in [0.1, 0.15) is 11.6 Å². The number of benzene rings is 1. The van der Waals surface area contributed by atoms with Crippen molar-refractivity contribution in [2.45, 2.75) is 77.8 Å². The third-order valence-electron chi connectivity index (χ3n) is 6.44. The maximum Gasteiger partial charge on any atom is 0.408 e. The highest BCUT2D eigenvalue weighted by Gasteiger charge is 2.44. The maximum atomic E-state index is 13.8. The molecule has 1 aliphatic carbocycles. The molecule has 208 valence electrons. The zero-order chi connectivity index (χ0) is 28.2. The Bertz CT molecular complexity index is 1060. The van der Waals surface area contributed by atoms with Crippen molar-refractivity contribution in [3.63, 3.8) is 0 Å². The zero-order valence-corrected chi connectivity index (χ0v) is 22.5. The number of ether oxygens (including phenoxy) is 2. The number of carbonyl (C=O) groups excluding carboxylic acids is 4. The van der Waals surface area contributed by atoms with E-state index < -0.39 is 53.6 Å². The second-order valence-electron chi connectivity index (χ2n) is 11.2. The highest BCUT2D eigenvalue weighted by atomic mass is 16.6. The maximum absolute atomic E-state index is 13.8. The summed E-state index contributed by atoms with van der Waals surface area (Å²) < 4.78 is 11.0. The van der Waals surface area contributed by atoms with Gasteiger partial charge in [0.2, 0.25) is 12.1 Å². The van der Waals surface area contributed by atoms with E-state index in [-0.39, 0.29) is 31.4 Å². The van der Waals surface area contributed by atoms with E-state index in [2.05, 4.69) is 10.6 Å². The van der Waals surface area contributed by atoms with Crippen molar-refractivity contribution in [3.05, 3.63) is 35.4 Å². The molecule has 1 heterocycles. The van der Waals surface area contributed by atoms with Crippen LogP contribution in [0.25, 0.3) is 0 Å². The number of Topliss-reactive ketones (excluding diaryl/α,β-unsaturated/α-hetero) is 1. The standard InChI is InChI=1S/C27H37N3O8/c1-15(2)12-19(21(31)25(34)35)28-22(32)24-30(10-11-37-24)23(33)20(29-26(36)38-27(3,4)5)18-13-16-8-6-7-9-17(16)14-18/h6-9,15,18-20,24H,10-14H2,1-5H3,(H,28,32)(H,29,36)(H,34,35)/t19?,20?,24-/m0/s1. The summed E-state index contributed by atoms with van der Waals surface area (Å²) in [5.41, 5.74) is 1.38. The summed E-state index contributed by atoms with van der Waals surface area (Å²) >= 11 is 0. The third-order valence-corrected chi connectivity index (χ3v) is 6.44. The molecule has 11 nitrogen and oxygen atoms in total. The van der Waals surface area contributed by atoms with Crippen molar-refractivity contribution in [1.82, 2.24) is 15.5 Å². The summed E-state index contributed by atoms with van der Waals surface area (Å²) in [5.74, 6) is -4.45. The van der Waals surface area contributed by atoms with E-state index in [4.69, 9.17) is 14.6 Å². The lowest BCUT2D eigenvalue weighted by Crippen LogP contribution is -2.58. The Morgan fingerprint density at radius 1 is 1.08 bits per heavy atom. The van der Waals surface area contributed by atoms with Crippen molar-refractivity contribution in [1.29, 1.82) is 0 Å². The van der Waals surface area contributed by atoms with Gasteiger partial charge in [0, 0.05) is 6.54 Å². The number of carboxylic acid groups (broad SMARTS) is 1. The summed E-state index contributed by atoms with van der Waals surface area (Å²) in [6, 6.07) is 5.53. The average molecular weight is 532 g/mol. The molecule has 3 N–H and O–H groups in total. The van der Waals surface area contributed by atoms with Gasteiger partial charge in [-0.25, -0.2) is 9.59 Å². The Labute approximate surface area is 222 Å². The average Bonchev–Trinajstić information content (AvgIpc) is 3.47. The van der Waals surface area contributed by atoms with Gasteiger partial charge in [0.15, 0.2) is 0 Å². The molecule has 0 radical (unpaired) electrons. The first-order valence-corrected chi connectivity index (χ1v) is 12.8. The number of fused-ring (bicyclic) bond motifs is 1. The molecule has 1 aliphatic heterocycles. The molecule has 3 rings (SSSR count). The molecule has 38 heavy (non-hydrogen) atoms. The van der Waals surface area contributed by atoms with E-state index in [1.165, 1.54) is 4.90 Å². The number of nitrogens with one attached hydrogen (secondary N) is 2. The molecule has 1 aromatic carbocycles. The van der Waals surface area contributed by atoms with Crippen molar-refractivity contribution in [3.8, 4) is 0 Å². The van der Waals surface area contributed by atoms with E-state index in [9.17, 15) is 24.0 Å². The van der Waals surface area contributed by atoms with Gasteiger partial charge >= 0.3 is 12.1 Å². The van der Waals surface area contributed by atoms with Crippen molar-refractivity contribution in [2.75, 3.05) is 13.2 Å². The van der Waals surface area contributed by atoms with Crippen LogP contribution in [0.4, 0.5) is 4.79 Å². The Kier molecular flexibility index (Phi) is 9.14. The second-order valence-corrected chi connectivity index (χ2v) is 11.2. The van der Waals surface area contributed by atoms with Crippen LogP contribution in [-0.4, -0.2) is 76.7 Å². The first-order valence-electron chi connectivity index (χ1n) is 12.8. The number of amides is 3. The number of carboxylic acids is 1. The van der Waals surface area contributed by atoms with Gasteiger partial charge < -0.3 is 30.1 Å². The minimum absolute atomic E-state index is 0.0651. The SMILES string of the molecule is CC(C)CC(NC(=O)[C@@H]1OCCN1C(=O)C(NC(=O)OC(C)(C)C)C1Cc2ccccc2C1)C(=O)C(=O)O. The Morgan fingerprint density at radius 2 is 1.68 bits per heavy atom. The van der Waals surface area contributed by atoms with Crippen molar-refractivity contribution < 1.29 is 38.6 Å². The van der Waals surface area contributed by atoms with Crippen molar-refractivity contribution in [2.24, 2.45) is 11.8 Å². The number of ketones is 1. The molecule has 0 saturated carbocycles. The smallest absolute Gasteiger partial charge is 0.408 e. The number of aliphatic carboxylic acids is 1. The number of rotatable bonds is 9. The van der Waals surface area contributed by atoms with Gasteiger partial charge in [0.05, 0.1) is 12.6 Å². The van der Waals surface area contributed by atoms with Gasteiger partial charge in [-0.05, 0) is 63.0 Å². The predicted octanol–water partition coefficient (Wildman–Crippen LogP) is 1.66. The van der Waals surface area contributed by atoms with E-state index in [0.29, 0.717) is 12.8 Å². The van der Waals surface area contributed by atoms with Crippen LogP contribution >= 0.6 is 0 Å². The molecular formula is C27H37N3O8. The number of nitrogens with zero attached hydrogens (tertiary/aromatic N) is 1. The van der Waals surface area contributed by atoms with Gasteiger partial charge in [-0.3, -0.25) is 14.4 Å². The van der Waals surface area contributed by atoms with Crippen LogP contribution in [0.5, 0.6) is 0 Å². The fourth-order valence-electron chi connectivity index (χ4n) is 4.83.